The standard InChI is InChI=1S/C10H10ClNOS/c1-10(2,7-12)14(13)9-5-3-8(11)4-6-9/h3-6H,1-2H3. The summed E-state index contributed by atoms with van der Waals surface area (Å²) >= 11 is 5.70. The van der Waals surface area contributed by atoms with Crippen molar-refractivity contribution >= 4 is 22.4 Å². The van der Waals surface area contributed by atoms with Gasteiger partial charge in [-0.1, -0.05) is 11.6 Å². The van der Waals surface area contributed by atoms with Crippen molar-refractivity contribution in [2.75, 3.05) is 0 Å². The van der Waals surface area contributed by atoms with E-state index in [1.54, 1.807) is 38.1 Å². The first-order chi connectivity index (χ1) is 6.47. The molecule has 0 aromatic heterocycles. The molecule has 1 aromatic carbocycles. The third-order valence-corrected chi connectivity index (χ3v) is 3.73. The molecule has 4 heteroatoms. The molecular formula is C10H10ClNOS. The smallest absolute Gasteiger partial charge is 0.131 e. The third kappa shape index (κ3) is 2.34. The zero-order valence-electron chi connectivity index (χ0n) is 7.95. The van der Waals surface area contributed by atoms with Crippen LogP contribution in [0, 0.1) is 11.3 Å². The van der Waals surface area contributed by atoms with Gasteiger partial charge < -0.3 is 0 Å². The first kappa shape index (κ1) is 11.2. The second kappa shape index (κ2) is 4.12. The van der Waals surface area contributed by atoms with Gasteiger partial charge in [-0.25, -0.2) is 0 Å². The summed E-state index contributed by atoms with van der Waals surface area (Å²) in [5, 5.41) is 9.41. The van der Waals surface area contributed by atoms with E-state index in [1.807, 2.05) is 6.07 Å². The van der Waals surface area contributed by atoms with Gasteiger partial charge in [0.15, 0.2) is 0 Å². The second-order valence-corrected chi connectivity index (χ2v) is 5.81. The molecule has 0 aliphatic carbocycles. The van der Waals surface area contributed by atoms with Crippen LogP contribution in [0.2, 0.25) is 5.02 Å². The summed E-state index contributed by atoms with van der Waals surface area (Å²) in [6.45, 7) is 3.30. The fraction of sp³-hybridized carbons (Fsp3) is 0.300. The summed E-state index contributed by atoms with van der Waals surface area (Å²) in [5.41, 5.74) is 0. The van der Waals surface area contributed by atoms with E-state index in [0.29, 0.717) is 9.92 Å². The van der Waals surface area contributed by atoms with E-state index in [2.05, 4.69) is 0 Å². The molecule has 0 fully saturated rings. The average Bonchev–Trinajstić information content (AvgIpc) is 2.18. The van der Waals surface area contributed by atoms with Gasteiger partial charge in [0.25, 0.3) is 0 Å². The lowest BCUT2D eigenvalue weighted by Crippen LogP contribution is -2.23. The van der Waals surface area contributed by atoms with Crippen molar-refractivity contribution in [1.82, 2.24) is 0 Å². The van der Waals surface area contributed by atoms with Crippen LogP contribution in [-0.4, -0.2) is 8.96 Å². The Labute approximate surface area is 91.0 Å². The van der Waals surface area contributed by atoms with Gasteiger partial charge in [-0.2, -0.15) is 5.26 Å². The first-order valence-corrected chi connectivity index (χ1v) is 5.59. The number of benzene rings is 1. The molecule has 1 rings (SSSR count). The van der Waals surface area contributed by atoms with Gasteiger partial charge in [0.1, 0.15) is 4.75 Å². The van der Waals surface area contributed by atoms with E-state index >= 15 is 0 Å². The molecule has 0 radical (unpaired) electrons. The van der Waals surface area contributed by atoms with Crippen molar-refractivity contribution in [2.45, 2.75) is 23.5 Å². The Morgan fingerprint density at radius 2 is 1.86 bits per heavy atom. The molecule has 1 unspecified atom stereocenters. The molecule has 2 nitrogen and oxygen atoms in total. The number of nitriles is 1. The molecule has 14 heavy (non-hydrogen) atoms. The number of hydrogen-bond donors (Lipinski definition) is 0. The summed E-state index contributed by atoms with van der Waals surface area (Å²) in [7, 11) is -1.32. The minimum Gasteiger partial charge on any atom is -0.253 e. The quantitative estimate of drug-likeness (QED) is 0.780. The Balaban J connectivity index is 3.03. The monoisotopic (exact) mass is 227 g/mol. The van der Waals surface area contributed by atoms with Gasteiger partial charge in [0, 0.05) is 9.92 Å². The van der Waals surface area contributed by atoms with Crippen molar-refractivity contribution in [3.8, 4) is 6.07 Å². The van der Waals surface area contributed by atoms with Crippen LogP contribution in [0.3, 0.4) is 0 Å². The minimum atomic E-state index is -1.32. The zero-order valence-corrected chi connectivity index (χ0v) is 9.52. The van der Waals surface area contributed by atoms with E-state index in [4.69, 9.17) is 16.9 Å². The Bertz CT molecular complexity index is 392. The highest BCUT2D eigenvalue weighted by atomic mass is 35.5. The molecular weight excluding hydrogens is 218 g/mol. The number of hydrogen-bond acceptors (Lipinski definition) is 2. The highest BCUT2D eigenvalue weighted by Gasteiger charge is 2.26. The lowest BCUT2D eigenvalue weighted by Gasteiger charge is -2.14. The largest absolute Gasteiger partial charge is 0.253 e. The summed E-state index contributed by atoms with van der Waals surface area (Å²) in [6, 6.07) is 8.72. The normalized spacial score (nSPS) is 13.3. The summed E-state index contributed by atoms with van der Waals surface area (Å²) < 4.78 is 11.0. The molecule has 0 spiro atoms. The van der Waals surface area contributed by atoms with Crippen LogP contribution in [0.5, 0.6) is 0 Å². The Morgan fingerprint density at radius 1 is 1.36 bits per heavy atom. The van der Waals surface area contributed by atoms with Crippen LogP contribution in [-0.2, 0) is 10.8 Å². The van der Waals surface area contributed by atoms with Gasteiger partial charge in [0.05, 0.1) is 16.9 Å². The molecule has 0 bridgehead atoms. The van der Waals surface area contributed by atoms with Crippen molar-refractivity contribution < 1.29 is 4.21 Å². The molecule has 1 atom stereocenters. The Hall–Kier alpha value is -0.850. The van der Waals surface area contributed by atoms with Crippen LogP contribution >= 0.6 is 11.6 Å². The maximum atomic E-state index is 11.9. The van der Waals surface area contributed by atoms with Crippen LogP contribution in [0.1, 0.15) is 13.8 Å². The Morgan fingerprint density at radius 3 is 2.29 bits per heavy atom. The van der Waals surface area contributed by atoms with Crippen LogP contribution in [0.15, 0.2) is 29.2 Å². The molecule has 74 valence electrons. The fourth-order valence-corrected chi connectivity index (χ4v) is 2.08. The number of rotatable bonds is 2. The predicted octanol–water partition coefficient (Wildman–Crippen LogP) is 2.75. The van der Waals surface area contributed by atoms with Gasteiger partial charge >= 0.3 is 0 Å². The topological polar surface area (TPSA) is 40.9 Å². The van der Waals surface area contributed by atoms with Crippen molar-refractivity contribution in [2.24, 2.45) is 0 Å². The Kier molecular flexibility index (Phi) is 3.30. The molecule has 0 N–H and O–H groups in total. The second-order valence-electron chi connectivity index (χ2n) is 3.34. The van der Waals surface area contributed by atoms with Crippen molar-refractivity contribution in [1.29, 1.82) is 5.26 Å². The molecule has 0 heterocycles. The zero-order chi connectivity index (χ0) is 10.8. The lowest BCUT2D eigenvalue weighted by atomic mass is 10.2. The van der Waals surface area contributed by atoms with E-state index in [-0.39, 0.29) is 0 Å². The number of halogens is 1. The summed E-state index contributed by atoms with van der Waals surface area (Å²) in [4.78, 5) is 0.626. The van der Waals surface area contributed by atoms with Gasteiger partial charge in [-0.15, -0.1) is 0 Å². The summed E-state index contributed by atoms with van der Waals surface area (Å²) in [5.74, 6) is 0. The van der Waals surface area contributed by atoms with Gasteiger partial charge in [-0.05, 0) is 38.1 Å². The van der Waals surface area contributed by atoms with E-state index in [0.717, 1.165) is 0 Å². The van der Waals surface area contributed by atoms with E-state index in [9.17, 15) is 4.21 Å². The van der Waals surface area contributed by atoms with Crippen LogP contribution < -0.4 is 0 Å². The van der Waals surface area contributed by atoms with E-state index < -0.39 is 15.5 Å². The van der Waals surface area contributed by atoms with E-state index in [1.165, 1.54) is 0 Å². The summed E-state index contributed by atoms with van der Waals surface area (Å²) in [6.07, 6.45) is 0. The molecule has 0 aliphatic heterocycles. The maximum absolute atomic E-state index is 11.9. The maximum Gasteiger partial charge on any atom is 0.131 e. The molecule has 1 aromatic rings. The molecule has 0 saturated heterocycles. The highest BCUT2D eigenvalue weighted by molar-refractivity contribution is 7.86. The van der Waals surface area contributed by atoms with Crippen molar-refractivity contribution in [3.63, 3.8) is 0 Å². The predicted molar refractivity (Wildman–Crippen MR) is 57.6 cm³/mol. The van der Waals surface area contributed by atoms with Gasteiger partial charge in [-0.3, -0.25) is 4.21 Å². The van der Waals surface area contributed by atoms with Crippen LogP contribution in [0.25, 0.3) is 0 Å². The van der Waals surface area contributed by atoms with Crippen LogP contribution in [0.4, 0.5) is 0 Å². The lowest BCUT2D eigenvalue weighted by molar-refractivity contribution is 0.665. The first-order valence-electron chi connectivity index (χ1n) is 4.06. The SMILES string of the molecule is CC(C)(C#N)S(=O)c1ccc(Cl)cc1. The third-order valence-electron chi connectivity index (χ3n) is 1.76. The number of nitrogens with zero attached hydrogens (tertiary/aromatic N) is 1. The average molecular weight is 228 g/mol. The van der Waals surface area contributed by atoms with Crippen molar-refractivity contribution in [3.05, 3.63) is 29.3 Å². The fourth-order valence-electron chi connectivity index (χ4n) is 0.894. The minimum absolute atomic E-state index is 0.598. The molecule has 0 aliphatic rings. The molecule has 0 amide bonds. The van der Waals surface area contributed by atoms with Gasteiger partial charge in [0.2, 0.25) is 0 Å². The molecule has 0 saturated carbocycles. The highest BCUT2D eigenvalue weighted by Crippen LogP contribution is 2.21.